The molecule has 110 valence electrons. The van der Waals surface area contributed by atoms with Crippen LogP contribution in [0.25, 0.3) is 0 Å². The molecule has 0 aromatic carbocycles. The first-order chi connectivity index (χ1) is 9.70. The van der Waals surface area contributed by atoms with Crippen molar-refractivity contribution in [2.75, 3.05) is 18.9 Å². The zero-order chi connectivity index (χ0) is 14.1. The van der Waals surface area contributed by atoms with Gasteiger partial charge in [-0.05, 0) is 31.2 Å². The van der Waals surface area contributed by atoms with E-state index in [1.165, 1.54) is 37.8 Å². The predicted octanol–water partition coefficient (Wildman–Crippen LogP) is 2.10. The maximum Gasteiger partial charge on any atom is 0.235 e. The molecule has 0 bridgehead atoms. The summed E-state index contributed by atoms with van der Waals surface area (Å²) < 4.78 is 2.12. The van der Waals surface area contributed by atoms with E-state index in [2.05, 4.69) is 35.2 Å². The average molecular weight is 275 g/mol. The van der Waals surface area contributed by atoms with Crippen LogP contribution in [0.5, 0.6) is 0 Å². The fraction of sp³-hybridized carbons (Fsp3) is 0.750. The average Bonchev–Trinajstić information content (AvgIpc) is 2.49. The monoisotopic (exact) mass is 275 g/mol. The Hall–Kier alpha value is -1.16. The second-order valence-electron chi connectivity index (χ2n) is 6.35. The molecule has 2 heterocycles. The lowest BCUT2D eigenvalue weighted by molar-refractivity contribution is -0.666. The highest BCUT2D eigenvalue weighted by Crippen LogP contribution is 2.42. The molecule has 1 aromatic heterocycles. The third kappa shape index (κ3) is 2.41. The van der Waals surface area contributed by atoms with Gasteiger partial charge in [-0.1, -0.05) is 19.3 Å². The minimum absolute atomic E-state index is 0.445. The maximum absolute atomic E-state index is 4.86. The molecular formula is C16H27N4+. The number of hydrogen-bond acceptors (Lipinski definition) is 3. The lowest BCUT2D eigenvalue weighted by atomic mass is 9.71. The Morgan fingerprint density at radius 1 is 1.30 bits per heavy atom. The van der Waals surface area contributed by atoms with E-state index in [4.69, 9.17) is 4.98 Å². The Balaban J connectivity index is 1.92. The normalized spacial score (nSPS) is 29.9. The molecule has 1 aliphatic carbocycles. The fourth-order valence-electron chi connectivity index (χ4n) is 4.04. The van der Waals surface area contributed by atoms with Crippen molar-refractivity contribution in [3.63, 3.8) is 0 Å². The van der Waals surface area contributed by atoms with E-state index in [-0.39, 0.29) is 0 Å². The number of fused-ring (bicyclic) bond motifs is 1. The van der Waals surface area contributed by atoms with Crippen LogP contribution >= 0.6 is 0 Å². The maximum atomic E-state index is 4.86. The van der Waals surface area contributed by atoms with Crippen LogP contribution in [0.2, 0.25) is 0 Å². The van der Waals surface area contributed by atoms with Crippen molar-refractivity contribution < 1.29 is 4.57 Å². The van der Waals surface area contributed by atoms with Gasteiger partial charge in [-0.2, -0.15) is 0 Å². The fourth-order valence-corrected chi connectivity index (χ4v) is 4.04. The van der Waals surface area contributed by atoms with E-state index in [9.17, 15) is 0 Å². The van der Waals surface area contributed by atoms with E-state index in [0.29, 0.717) is 6.04 Å². The third-order valence-corrected chi connectivity index (χ3v) is 5.27. The molecule has 0 amide bonds. The lowest BCUT2D eigenvalue weighted by Gasteiger charge is -2.41. The van der Waals surface area contributed by atoms with Crippen LogP contribution in [-0.2, 0) is 7.05 Å². The van der Waals surface area contributed by atoms with E-state index in [0.717, 1.165) is 30.0 Å². The van der Waals surface area contributed by atoms with Gasteiger partial charge in [0.05, 0.1) is 19.2 Å². The summed E-state index contributed by atoms with van der Waals surface area (Å²) in [5, 5.41) is 7.02. The standard InChI is InChI=1S/C16H26N4/c1-11-19-14(10-15(17-2)20(11)3)16-13-7-5-4-6-12(13)8-9-18-16/h10,12-13,16,18H,4-9H2,1-3H3/p+1. The van der Waals surface area contributed by atoms with Gasteiger partial charge in [0.2, 0.25) is 11.6 Å². The quantitative estimate of drug-likeness (QED) is 0.812. The van der Waals surface area contributed by atoms with Crippen molar-refractivity contribution in [3.8, 4) is 0 Å². The Morgan fingerprint density at radius 2 is 2.10 bits per heavy atom. The van der Waals surface area contributed by atoms with Gasteiger partial charge >= 0.3 is 0 Å². The first-order valence-corrected chi connectivity index (χ1v) is 7.99. The van der Waals surface area contributed by atoms with Crippen molar-refractivity contribution in [1.29, 1.82) is 0 Å². The van der Waals surface area contributed by atoms with Crippen LogP contribution in [0.3, 0.4) is 0 Å². The Kier molecular flexibility index (Phi) is 3.92. The van der Waals surface area contributed by atoms with Gasteiger partial charge in [0, 0.05) is 14.0 Å². The van der Waals surface area contributed by atoms with Crippen molar-refractivity contribution >= 4 is 5.82 Å². The third-order valence-electron chi connectivity index (χ3n) is 5.27. The van der Waals surface area contributed by atoms with E-state index in [1.54, 1.807) is 0 Å². The predicted molar refractivity (Wildman–Crippen MR) is 80.5 cm³/mol. The van der Waals surface area contributed by atoms with Crippen LogP contribution in [0.15, 0.2) is 6.07 Å². The number of hydrogen-bond donors (Lipinski definition) is 2. The Morgan fingerprint density at radius 3 is 2.90 bits per heavy atom. The molecule has 0 spiro atoms. The van der Waals surface area contributed by atoms with Crippen LogP contribution in [0, 0.1) is 18.8 Å². The molecule has 1 aromatic rings. The molecule has 3 atom stereocenters. The summed E-state index contributed by atoms with van der Waals surface area (Å²) in [6, 6.07) is 2.67. The number of nitrogens with one attached hydrogen (secondary N) is 2. The molecular weight excluding hydrogens is 248 g/mol. The van der Waals surface area contributed by atoms with Crippen LogP contribution < -0.4 is 15.2 Å². The van der Waals surface area contributed by atoms with Crippen LogP contribution in [0.4, 0.5) is 5.82 Å². The van der Waals surface area contributed by atoms with Gasteiger partial charge in [-0.3, -0.25) is 0 Å². The number of aryl methyl sites for hydroxylation is 1. The molecule has 3 unspecified atom stereocenters. The molecule has 3 rings (SSSR count). The largest absolute Gasteiger partial charge is 0.308 e. The smallest absolute Gasteiger partial charge is 0.235 e. The van der Waals surface area contributed by atoms with E-state index in [1.807, 2.05) is 7.05 Å². The summed E-state index contributed by atoms with van der Waals surface area (Å²) in [5.41, 5.74) is 1.22. The summed E-state index contributed by atoms with van der Waals surface area (Å²) in [7, 11) is 4.05. The summed E-state index contributed by atoms with van der Waals surface area (Å²) in [4.78, 5) is 4.86. The first kappa shape index (κ1) is 13.8. The van der Waals surface area contributed by atoms with Crippen molar-refractivity contribution in [2.45, 2.75) is 45.1 Å². The molecule has 0 radical (unpaired) electrons. The SMILES string of the molecule is CNc1cc(C2NCCC3CCCCC32)nc(C)[n+]1C. The van der Waals surface area contributed by atoms with Gasteiger partial charge in [-0.15, -0.1) is 4.98 Å². The van der Waals surface area contributed by atoms with E-state index < -0.39 is 0 Å². The zero-order valence-electron chi connectivity index (χ0n) is 12.9. The van der Waals surface area contributed by atoms with E-state index >= 15 is 0 Å². The van der Waals surface area contributed by atoms with Crippen molar-refractivity contribution in [1.82, 2.24) is 10.3 Å². The topological polar surface area (TPSA) is 40.8 Å². The molecule has 1 saturated heterocycles. The Bertz CT molecular complexity index is 484. The number of piperidine rings is 1. The van der Waals surface area contributed by atoms with Crippen molar-refractivity contribution in [3.05, 3.63) is 17.6 Å². The van der Waals surface area contributed by atoms with Crippen LogP contribution in [-0.4, -0.2) is 18.6 Å². The van der Waals surface area contributed by atoms with Gasteiger partial charge in [0.1, 0.15) is 5.69 Å². The lowest BCUT2D eigenvalue weighted by Crippen LogP contribution is -2.43. The molecule has 4 nitrogen and oxygen atoms in total. The molecule has 2 aliphatic rings. The molecule has 4 heteroatoms. The van der Waals surface area contributed by atoms with Gasteiger partial charge < -0.3 is 10.6 Å². The first-order valence-electron chi connectivity index (χ1n) is 7.99. The Labute approximate surface area is 122 Å². The second-order valence-corrected chi connectivity index (χ2v) is 6.35. The molecule has 2 fully saturated rings. The summed E-state index contributed by atoms with van der Waals surface area (Å²) in [5.74, 6) is 3.91. The minimum atomic E-state index is 0.445. The zero-order valence-corrected chi connectivity index (χ0v) is 12.9. The molecule has 1 aliphatic heterocycles. The van der Waals surface area contributed by atoms with Gasteiger partial charge in [0.15, 0.2) is 0 Å². The van der Waals surface area contributed by atoms with Crippen molar-refractivity contribution in [2.24, 2.45) is 18.9 Å². The molecule has 1 saturated carbocycles. The highest BCUT2D eigenvalue weighted by molar-refractivity contribution is 5.31. The van der Waals surface area contributed by atoms with Gasteiger partial charge in [-0.25, -0.2) is 4.57 Å². The number of rotatable bonds is 2. The summed E-state index contributed by atoms with van der Waals surface area (Å²) in [6.45, 7) is 3.23. The summed E-state index contributed by atoms with van der Waals surface area (Å²) in [6.07, 6.45) is 6.93. The number of nitrogens with zero attached hydrogens (tertiary/aromatic N) is 2. The highest BCUT2D eigenvalue weighted by Gasteiger charge is 2.37. The number of anilines is 1. The second kappa shape index (κ2) is 5.68. The number of aromatic nitrogens is 2. The summed E-state index contributed by atoms with van der Waals surface area (Å²) >= 11 is 0. The molecule has 20 heavy (non-hydrogen) atoms. The minimum Gasteiger partial charge on any atom is -0.308 e. The highest BCUT2D eigenvalue weighted by atomic mass is 15.1. The van der Waals surface area contributed by atoms with Crippen LogP contribution in [0.1, 0.15) is 49.7 Å². The molecule has 2 N–H and O–H groups in total. The van der Waals surface area contributed by atoms with Gasteiger partial charge in [0.25, 0.3) is 0 Å².